The fraction of sp³-hybridized carbons (Fsp3) is 0.435. The van der Waals surface area contributed by atoms with Gasteiger partial charge in [0.1, 0.15) is 11.5 Å². The van der Waals surface area contributed by atoms with Gasteiger partial charge in [0.25, 0.3) is 5.91 Å². The second kappa shape index (κ2) is 10.2. The maximum atomic E-state index is 13.1. The molecule has 0 saturated heterocycles. The number of aryl methyl sites for hydroxylation is 1. The second-order valence-corrected chi connectivity index (χ2v) is 9.38. The van der Waals surface area contributed by atoms with Crippen LogP contribution in [-0.2, 0) is 10.0 Å². The van der Waals surface area contributed by atoms with E-state index in [2.05, 4.69) is 23.9 Å². The van der Waals surface area contributed by atoms with Gasteiger partial charge in [0, 0.05) is 12.6 Å². The highest BCUT2D eigenvalue weighted by molar-refractivity contribution is 7.89. The van der Waals surface area contributed by atoms with Crippen molar-refractivity contribution in [2.75, 3.05) is 20.8 Å². The maximum absolute atomic E-state index is 13.1. The van der Waals surface area contributed by atoms with Crippen LogP contribution < -0.4 is 19.5 Å². The molecule has 2 aromatic rings. The molecule has 0 fully saturated rings. The van der Waals surface area contributed by atoms with Crippen molar-refractivity contribution in [2.45, 2.75) is 51.5 Å². The Balaban J connectivity index is 2.41. The van der Waals surface area contributed by atoms with Crippen LogP contribution in [0.1, 0.15) is 66.7 Å². The third-order valence-corrected chi connectivity index (χ3v) is 6.64. The normalized spacial score (nSPS) is 12.5. The molecule has 0 aliphatic heterocycles. The molecule has 1 atom stereocenters. The Kier molecular flexibility index (Phi) is 8.08. The number of hydrogen-bond acceptors (Lipinski definition) is 5. The van der Waals surface area contributed by atoms with Gasteiger partial charge in [-0.2, -0.15) is 0 Å². The molecule has 0 saturated carbocycles. The number of rotatable bonds is 9. The SMILES string of the molecule is CCNC(=O)c1cc(S(=O)(=O)N[C@H](C)c2cc(C(C)C)c(OC)cc2C)ccc1OC. The van der Waals surface area contributed by atoms with E-state index in [0.29, 0.717) is 12.3 Å². The van der Waals surface area contributed by atoms with Crippen molar-refractivity contribution >= 4 is 15.9 Å². The average molecular weight is 449 g/mol. The number of methoxy groups -OCH3 is 2. The van der Waals surface area contributed by atoms with Crippen LogP contribution in [0.4, 0.5) is 0 Å². The van der Waals surface area contributed by atoms with Gasteiger partial charge in [-0.1, -0.05) is 13.8 Å². The summed E-state index contributed by atoms with van der Waals surface area (Å²) in [6, 6.07) is 7.68. The molecule has 0 spiro atoms. The molecule has 0 heterocycles. The van der Waals surface area contributed by atoms with E-state index in [1.165, 1.54) is 25.3 Å². The fourth-order valence-corrected chi connectivity index (χ4v) is 4.71. The summed E-state index contributed by atoms with van der Waals surface area (Å²) in [6.45, 7) is 10.1. The summed E-state index contributed by atoms with van der Waals surface area (Å²) >= 11 is 0. The molecular weight excluding hydrogens is 416 g/mol. The van der Waals surface area contributed by atoms with Gasteiger partial charge < -0.3 is 14.8 Å². The van der Waals surface area contributed by atoms with E-state index < -0.39 is 22.0 Å². The summed E-state index contributed by atoms with van der Waals surface area (Å²) in [5, 5.41) is 2.67. The highest BCUT2D eigenvalue weighted by atomic mass is 32.2. The van der Waals surface area contributed by atoms with Crippen LogP contribution in [0.25, 0.3) is 0 Å². The first-order chi connectivity index (χ1) is 14.5. The van der Waals surface area contributed by atoms with Crippen molar-refractivity contribution < 1.29 is 22.7 Å². The van der Waals surface area contributed by atoms with Gasteiger partial charge in [-0.05, 0) is 73.7 Å². The van der Waals surface area contributed by atoms with Gasteiger partial charge in [-0.25, -0.2) is 13.1 Å². The van der Waals surface area contributed by atoms with Gasteiger partial charge in [0.05, 0.1) is 24.7 Å². The van der Waals surface area contributed by atoms with Crippen LogP contribution in [0, 0.1) is 6.92 Å². The van der Waals surface area contributed by atoms with Gasteiger partial charge >= 0.3 is 0 Å². The number of nitrogens with one attached hydrogen (secondary N) is 2. The Morgan fingerprint density at radius 1 is 1.00 bits per heavy atom. The van der Waals surface area contributed by atoms with E-state index in [-0.39, 0.29) is 16.4 Å². The standard InChI is InChI=1S/C23H32N2O5S/c1-8-24-23(26)20-12-17(9-10-21(20)29-6)31(27,28)25-16(5)19-13-18(14(2)3)22(30-7)11-15(19)4/h9-14,16,25H,8H2,1-7H3,(H,24,26)/t16-/m1/s1. The van der Waals surface area contributed by atoms with E-state index in [4.69, 9.17) is 9.47 Å². The van der Waals surface area contributed by atoms with Crippen molar-refractivity contribution in [3.63, 3.8) is 0 Å². The van der Waals surface area contributed by atoms with Crippen LogP contribution in [0.3, 0.4) is 0 Å². The summed E-state index contributed by atoms with van der Waals surface area (Å²) in [5.41, 5.74) is 2.97. The second-order valence-electron chi connectivity index (χ2n) is 7.67. The number of carbonyl (C=O) groups excluding carboxylic acids is 1. The summed E-state index contributed by atoms with van der Waals surface area (Å²) in [4.78, 5) is 12.3. The summed E-state index contributed by atoms with van der Waals surface area (Å²) < 4.78 is 39.6. The van der Waals surface area contributed by atoms with Gasteiger partial charge in [0.2, 0.25) is 10.0 Å². The molecule has 7 nitrogen and oxygen atoms in total. The van der Waals surface area contributed by atoms with Gasteiger partial charge in [0.15, 0.2) is 0 Å². The van der Waals surface area contributed by atoms with Crippen molar-refractivity contribution in [1.82, 2.24) is 10.0 Å². The van der Waals surface area contributed by atoms with Crippen molar-refractivity contribution in [2.24, 2.45) is 0 Å². The highest BCUT2D eigenvalue weighted by Crippen LogP contribution is 2.32. The minimum Gasteiger partial charge on any atom is -0.496 e. The van der Waals surface area contributed by atoms with E-state index >= 15 is 0 Å². The Bertz CT molecular complexity index is 1050. The number of ether oxygens (including phenoxy) is 2. The molecule has 31 heavy (non-hydrogen) atoms. The van der Waals surface area contributed by atoms with Crippen LogP contribution >= 0.6 is 0 Å². The first kappa shape index (κ1) is 24.7. The van der Waals surface area contributed by atoms with E-state index in [1.54, 1.807) is 21.0 Å². The molecule has 170 valence electrons. The Hall–Kier alpha value is -2.58. The quantitative estimate of drug-likeness (QED) is 0.606. The van der Waals surface area contributed by atoms with Crippen LogP contribution in [0.5, 0.6) is 11.5 Å². The molecule has 8 heteroatoms. The fourth-order valence-electron chi connectivity index (χ4n) is 3.46. The topological polar surface area (TPSA) is 93.7 Å². The predicted molar refractivity (Wildman–Crippen MR) is 122 cm³/mol. The highest BCUT2D eigenvalue weighted by Gasteiger charge is 2.23. The largest absolute Gasteiger partial charge is 0.496 e. The lowest BCUT2D eigenvalue weighted by Crippen LogP contribution is -2.28. The minimum atomic E-state index is -3.89. The first-order valence-electron chi connectivity index (χ1n) is 10.2. The zero-order chi connectivity index (χ0) is 23.3. The molecule has 0 aliphatic rings. The van der Waals surface area contributed by atoms with Crippen LogP contribution in [0.2, 0.25) is 0 Å². The van der Waals surface area contributed by atoms with E-state index in [0.717, 1.165) is 22.4 Å². The minimum absolute atomic E-state index is 0.00310. The predicted octanol–water partition coefficient (Wildman–Crippen LogP) is 3.92. The molecule has 0 radical (unpaired) electrons. The zero-order valence-corrected chi connectivity index (χ0v) is 20.0. The van der Waals surface area contributed by atoms with Crippen molar-refractivity contribution in [3.8, 4) is 11.5 Å². The summed E-state index contributed by atoms with van der Waals surface area (Å²) in [6.07, 6.45) is 0. The van der Waals surface area contributed by atoms with Crippen LogP contribution in [0.15, 0.2) is 35.2 Å². The number of carbonyl (C=O) groups is 1. The molecule has 0 aromatic heterocycles. The molecule has 0 bridgehead atoms. The summed E-state index contributed by atoms with van der Waals surface area (Å²) in [7, 11) is -0.823. The maximum Gasteiger partial charge on any atom is 0.255 e. The summed E-state index contributed by atoms with van der Waals surface area (Å²) in [5.74, 6) is 0.926. The Morgan fingerprint density at radius 3 is 2.19 bits per heavy atom. The number of benzene rings is 2. The molecular formula is C23H32N2O5S. The smallest absolute Gasteiger partial charge is 0.255 e. The van der Waals surface area contributed by atoms with Crippen LogP contribution in [-0.4, -0.2) is 35.1 Å². The van der Waals surface area contributed by atoms with Crippen molar-refractivity contribution in [1.29, 1.82) is 0 Å². The molecule has 2 N–H and O–H groups in total. The van der Waals surface area contributed by atoms with Gasteiger partial charge in [-0.15, -0.1) is 0 Å². The first-order valence-corrected chi connectivity index (χ1v) is 11.7. The monoisotopic (exact) mass is 448 g/mol. The average Bonchev–Trinajstić information content (AvgIpc) is 2.72. The van der Waals surface area contributed by atoms with Crippen molar-refractivity contribution in [3.05, 3.63) is 52.6 Å². The lowest BCUT2D eigenvalue weighted by molar-refractivity contribution is 0.0952. The lowest BCUT2D eigenvalue weighted by Gasteiger charge is -2.21. The molecule has 0 unspecified atom stereocenters. The zero-order valence-electron chi connectivity index (χ0n) is 19.2. The third-order valence-electron chi connectivity index (χ3n) is 5.10. The van der Waals surface area contributed by atoms with Gasteiger partial charge in [-0.3, -0.25) is 4.79 Å². The van der Waals surface area contributed by atoms with E-state index in [1.807, 2.05) is 19.1 Å². The molecule has 0 aliphatic carbocycles. The number of sulfonamides is 1. The third kappa shape index (κ3) is 5.57. The molecule has 2 aromatic carbocycles. The Morgan fingerprint density at radius 2 is 1.65 bits per heavy atom. The number of hydrogen-bond donors (Lipinski definition) is 2. The Labute approximate surface area is 185 Å². The number of amides is 1. The van der Waals surface area contributed by atoms with E-state index in [9.17, 15) is 13.2 Å². The molecule has 2 rings (SSSR count). The molecule has 1 amide bonds. The lowest BCUT2D eigenvalue weighted by atomic mass is 9.94.